The number of hydrogen-bond donors (Lipinski definition) is 1. The molecule has 1 aliphatic rings. The molecule has 2 aromatic rings. The van der Waals surface area contributed by atoms with Crippen LogP contribution in [-0.2, 0) is 21.1 Å². The van der Waals surface area contributed by atoms with Crippen molar-refractivity contribution in [1.82, 2.24) is 4.90 Å². The first-order valence-corrected chi connectivity index (χ1v) is 11.4. The van der Waals surface area contributed by atoms with Gasteiger partial charge in [-0.05, 0) is 30.3 Å². The Morgan fingerprint density at radius 3 is 2.43 bits per heavy atom. The molecule has 1 heterocycles. The highest BCUT2D eigenvalue weighted by Crippen LogP contribution is 2.25. The van der Waals surface area contributed by atoms with Gasteiger partial charge in [-0.3, -0.25) is 4.90 Å². The molecule has 1 unspecified atom stereocenters. The topological polar surface area (TPSA) is 87.2 Å². The molecule has 0 saturated carbocycles. The van der Waals surface area contributed by atoms with Crippen molar-refractivity contribution in [3.63, 3.8) is 0 Å². The van der Waals surface area contributed by atoms with Crippen molar-refractivity contribution in [3.8, 4) is 0 Å². The number of rotatable bonds is 5. The van der Waals surface area contributed by atoms with Crippen LogP contribution in [0.15, 0.2) is 42.5 Å². The van der Waals surface area contributed by atoms with E-state index in [1.807, 2.05) is 0 Å². The van der Waals surface area contributed by atoms with Crippen LogP contribution in [0.4, 0.5) is 14.9 Å². The van der Waals surface area contributed by atoms with Crippen molar-refractivity contribution in [2.75, 3.05) is 36.6 Å². The number of urea groups is 1. The minimum atomic E-state index is -3.15. The summed E-state index contributed by atoms with van der Waals surface area (Å²) < 4.78 is 42.9. The van der Waals surface area contributed by atoms with Gasteiger partial charge in [-0.2, -0.15) is 0 Å². The van der Waals surface area contributed by atoms with Crippen LogP contribution in [0.2, 0.25) is 5.02 Å². The largest absolute Gasteiger partial charge is 0.364 e. The molecule has 7 nitrogen and oxygen atoms in total. The number of nitrogens with zero attached hydrogens (tertiary/aromatic N) is 2. The number of aliphatic hydroxyl groups is 1. The number of hydrogen-bond acceptors (Lipinski definition) is 5. The molecular weight excluding hydrogens is 435 g/mol. The Bertz CT molecular complexity index is 1000. The highest BCUT2D eigenvalue weighted by Gasteiger charge is 2.29. The number of ether oxygens (including phenoxy) is 1. The van der Waals surface area contributed by atoms with Gasteiger partial charge in [0.15, 0.2) is 16.1 Å². The molecule has 30 heavy (non-hydrogen) atoms. The van der Waals surface area contributed by atoms with E-state index in [0.29, 0.717) is 10.7 Å². The van der Waals surface area contributed by atoms with Gasteiger partial charge < -0.3 is 14.7 Å². The summed E-state index contributed by atoms with van der Waals surface area (Å²) in [6.45, 7) is 0.0678. The van der Waals surface area contributed by atoms with Crippen molar-refractivity contribution in [3.05, 3.63) is 64.4 Å². The summed E-state index contributed by atoms with van der Waals surface area (Å²) in [7, 11) is -1.85. The summed E-state index contributed by atoms with van der Waals surface area (Å²) in [5.74, 6) is -0.812. The van der Waals surface area contributed by atoms with Gasteiger partial charge in [0.05, 0.1) is 18.1 Å². The average Bonchev–Trinajstić information content (AvgIpc) is 2.72. The molecule has 10 heteroatoms. The minimum absolute atomic E-state index is 0.0761. The molecule has 2 amide bonds. The molecule has 1 atom stereocenters. The van der Waals surface area contributed by atoms with E-state index in [2.05, 4.69) is 0 Å². The second-order valence-electron chi connectivity index (χ2n) is 6.92. The van der Waals surface area contributed by atoms with Gasteiger partial charge >= 0.3 is 6.03 Å². The Balaban J connectivity index is 1.89. The van der Waals surface area contributed by atoms with Crippen LogP contribution < -0.4 is 4.90 Å². The van der Waals surface area contributed by atoms with Gasteiger partial charge in [-0.25, -0.2) is 17.6 Å². The molecule has 2 aromatic carbocycles. The van der Waals surface area contributed by atoms with Gasteiger partial charge in [0, 0.05) is 42.0 Å². The lowest BCUT2D eigenvalue weighted by Gasteiger charge is -2.33. The number of amides is 2. The fourth-order valence-corrected chi connectivity index (χ4v) is 4.44. The van der Waals surface area contributed by atoms with E-state index in [0.717, 1.165) is 6.07 Å². The van der Waals surface area contributed by atoms with Crippen LogP contribution in [-0.4, -0.2) is 56.2 Å². The normalized spacial score (nSPS) is 16.9. The van der Waals surface area contributed by atoms with E-state index in [4.69, 9.17) is 16.3 Å². The van der Waals surface area contributed by atoms with Crippen molar-refractivity contribution in [2.45, 2.75) is 12.8 Å². The molecule has 3 rings (SSSR count). The van der Waals surface area contributed by atoms with E-state index >= 15 is 0 Å². The smallest absolute Gasteiger partial charge is 0.324 e. The van der Waals surface area contributed by atoms with Crippen molar-refractivity contribution in [1.29, 1.82) is 0 Å². The van der Waals surface area contributed by atoms with Gasteiger partial charge in [0.25, 0.3) is 0 Å². The Hall–Kier alpha value is -2.20. The summed E-state index contributed by atoms with van der Waals surface area (Å²) >= 11 is 5.95. The average molecular weight is 457 g/mol. The number of carbonyl (C=O) groups excluding carboxylic acids is 1. The first kappa shape index (κ1) is 22.5. The molecule has 1 aliphatic heterocycles. The number of halogens is 2. The Kier molecular flexibility index (Phi) is 6.97. The molecule has 0 spiro atoms. The zero-order valence-electron chi connectivity index (χ0n) is 16.3. The summed E-state index contributed by atoms with van der Waals surface area (Å²) in [5.41, 5.74) is 0.984. The van der Waals surface area contributed by atoms with E-state index < -0.39 is 28.0 Å². The maximum absolute atomic E-state index is 14.7. The van der Waals surface area contributed by atoms with Crippen molar-refractivity contribution in [2.24, 2.45) is 0 Å². The molecule has 0 aliphatic carbocycles. The molecule has 1 fully saturated rings. The maximum Gasteiger partial charge on any atom is 0.324 e. The predicted octanol–water partition coefficient (Wildman–Crippen LogP) is 2.97. The highest BCUT2D eigenvalue weighted by atomic mass is 35.5. The summed E-state index contributed by atoms with van der Waals surface area (Å²) in [6, 6.07) is 10.2. The fraction of sp³-hybridized carbons (Fsp3) is 0.350. The molecule has 0 radical (unpaired) electrons. The van der Waals surface area contributed by atoms with Gasteiger partial charge in [-0.1, -0.05) is 23.7 Å². The number of benzene rings is 2. The molecule has 0 aromatic heterocycles. The van der Waals surface area contributed by atoms with Crippen LogP contribution in [0.5, 0.6) is 0 Å². The fourth-order valence-electron chi connectivity index (χ4n) is 3.12. The highest BCUT2D eigenvalue weighted by molar-refractivity contribution is 7.91. The Morgan fingerprint density at radius 2 is 1.87 bits per heavy atom. The molecule has 162 valence electrons. The standard InChI is InChI=1S/C20H22ClFN2O5S/c1-29-19(25)14-2-3-15(18(22)12-14)13-24(17-6-4-16(21)5-7-17)20(26)23-8-10-30(27,28)11-9-23/h2-7,12,19,25H,8-11,13H2,1H3. The maximum atomic E-state index is 14.7. The van der Waals surface area contributed by atoms with E-state index in [9.17, 15) is 22.7 Å². The number of anilines is 1. The lowest BCUT2D eigenvalue weighted by Crippen LogP contribution is -2.49. The van der Waals surface area contributed by atoms with Crippen LogP contribution in [0.3, 0.4) is 0 Å². The summed E-state index contributed by atoms with van der Waals surface area (Å²) in [6.07, 6.45) is -1.25. The first-order valence-electron chi connectivity index (χ1n) is 9.22. The minimum Gasteiger partial charge on any atom is -0.364 e. The lowest BCUT2D eigenvalue weighted by molar-refractivity contribution is -0.0771. The SMILES string of the molecule is COC(O)c1ccc(CN(C(=O)N2CCS(=O)(=O)CC2)c2ccc(Cl)cc2)c(F)c1. The van der Waals surface area contributed by atoms with Crippen LogP contribution >= 0.6 is 11.6 Å². The molecule has 1 N–H and O–H groups in total. The van der Waals surface area contributed by atoms with Crippen LogP contribution in [0.25, 0.3) is 0 Å². The lowest BCUT2D eigenvalue weighted by atomic mass is 10.1. The number of aliphatic hydroxyl groups excluding tert-OH is 1. The predicted molar refractivity (Wildman–Crippen MR) is 112 cm³/mol. The third kappa shape index (κ3) is 5.28. The third-order valence-electron chi connectivity index (χ3n) is 4.90. The van der Waals surface area contributed by atoms with Gasteiger partial charge in [-0.15, -0.1) is 0 Å². The van der Waals surface area contributed by atoms with E-state index in [1.165, 1.54) is 29.0 Å². The number of sulfone groups is 1. The summed E-state index contributed by atoms with van der Waals surface area (Å²) in [5, 5.41) is 10.2. The van der Waals surface area contributed by atoms with Crippen molar-refractivity contribution < 1.29 is 27.4 Å². The van der Waals surface area contributed by atoms with E-state index in [1.54, 1.807) is 24.3 Å². The Labute approximate surface area is 179 Å². The van der Waals surface area contributed by atoms with E-state index in [-0.39, 0.29) is 42.3 Å². The Morgan fingerprint density at radius 1 is 1.23 bits per heavy atom. The number of methoxy groups -OCH3 is 1. The number of carbonyl (C=O) groups is 1. The van der Waals surface area contributed by atoms with Gasteiger partial charge in [0.2, 0.25) is 0 Å². The summed E-state index contributed by atoms with van der Waals surface area (Å²) in [4.78, 5) is 16.0. The zero-order valence-corrected chi connectivity index (χ0v) is 17.9. The van der Waals surface area contributed by atoms with Crippen molar-refractivity contribution >= 4 is 33.2 Å². The third-order valence-corrected chi connectivity index (χ3v) is 6.76. The molecule has 0 bridgehead atoms. The van der Waals surface area contributed by atoms with Gasteiger partial charge in [0.1, 0.15) is 5.82 Å². The molecular formula is C20H22ClFN2O5S. The second-order valence-corrected chi connectivity index (χ2v) is 9.66. The first-order chi connectivity index (χ1) is 14.2. The second kappa shape index (κ2) is 9.30. The zero-order chi connectivity index (χ0) is 21.9. The monoisotopic (exact) mass is 456 g/mol. The quantitative estimate of drug-likeness (QED) is 0.699. The van der Waals surface area contributed by atoms with Crippen LogP contribution in [0.1, 0.15) is 17.4 Å². The van der Waals surface area contributed by atoms with Crippen LogP contribution in [0, 0.1) is 5.82 Å². The molecule has 1 saturated heterocycles.